The second-order valence-corrected chi connectivity index (χ2v) is 5.68. The Bertz CT molecular complexity index is 530. The summed E-state index contributed by atoms with van der Waals surface area (Å²) in [6.07, 6.45) is 0.418. The van der Waals surface area contributed by atoms with Gasteiger partial charge in [0.05, 0.1) is 5.69 Å². The van der Waals surface area contributed by atoms with E-state index in [1.807, 2.05) is 6.07 Å². The zero-order valence-electron chi connectivity index (χ0n) is 9.38. The quantitative estimate of drug-likeness (QED) is 0.344. The first-order valence-electron chi connectivity index (χ1n) is 5.38. The maximum atomic E-state index is 12.0. The third kappa shape index (κ3) is 2.88. The van der Waals surface area contributed by atoms with Crippen molar-refractivity contribution in [2.45, 2.75) is 6.42 Å². The van der Waals surface area contributed by atoms with Gasteiger partial charge in [0.25, 0.3) is 0 Å². The van der Waals surface area contributed by atoms with E-state index in [4.69, 9.17) is 17.1 Å². The van der Waals surface area contributed by atoms with Crippen LogP contribution in [0.3, 0.4) is 0 Å². The summed E-state index contributed by atoms with van der Waals surface area (Å²) in [6, 6.07) is 5.47. The minimum absolute atomic E-state index is 0.0494. The summed E-state index contributed by atoms with van der Waals surface area (Å²) < 4.78 is 0.981. The van der Waals surface area contributed by atoms with Gasteiger partial charge in [0.15, 0.2) is 0 Å². The Morgan fingerprint density at radius 3 is 3.11 bits per heavy atom. The number of amides is 1. The molecule has 1 atom stereocenters. The predicted molar refractivity (Wildman–Crippen MR) is 78.6 cm³/mol. The molecular weight excluding hydrogens is 367 g/mol. The molecule has 1 unspecified atom stereocenters. The minimum Gasteiger partial charge on any atom is -0.311 e. The largest absolute Gasteiger partial charge is 0.311 e. The van der Waals surface area contributed by atoms with E-state index in [-0.39, 0.29) is 11.8 Å². The van der Waals surface area contributed by atoms with E-state index < -0.39 is 0 Å². The number of rotatable bonds is 3. The molecule has 5 nitrogen and oxygen atoms in total. The lowest BCUT2D eigenvalue weighted by Gasteiger charge is -2.18. The van der Waals surface area contributed by atoms with Gasteiger partial charge in [0.1, 0.15) is 0 Å². The summed E-state index contributed by atoms with van der Waals surface area (Å²) in [7, 11) is 0. The Balaban J connectivity index is 2.21. The van der Waals surface area contributed by atoms with Gasteiger partial charge >= 0.3 is 0 Å². The molecule has 1 aromatic rings. The molecule has 1 aromatic carbocycles. The fourth-order valence-electron chi connectivity index (χ4n) is 1.98. The smallest absolute Gasteiger partial charge is 0.227 e. The van der Waals surface area contributed by atoms with Crippen LogP contribution in [0.25, 0.3) is 10.4 Å². The van der Waals surface area contributed by atoms with Crippen LogP contribution in [0.1, 0.15) is 6.42 Å². The van der Waals surface area contributed by atoms with Crippen LogP contribution in [0.5, 0.6) is 0 Å². The van der Waals surface area contributed by atoms with E-state index in [1.54, 1.807) is 17.0 Å². The van der Waals surface area contributed by atoms with Crippen molar-refractivity contribution in [1.82, 2.24) is 0 Å². The van der Waals surface area contributed by atoms with Gasteiger partial charge < -0.3 is 4.90 Å². The molecule has 0 N–H and O–H groups in total. The van der Waals surface area contributed by atoms with Crippen molar-refractivity contribution in [3.8, 4) is 0 Å². The third-order valence-electron chi connectivity index (χ3n) is 2.81. The summed E-state index contributed by atoms with van der Waals surface area (Å²) in [4.78, 5) is 16.4. The molecule has 0 aliphatic carbocycles. The monoisotopic (exact) mass is 376 g/mol. The van der Waals surface area contributed by atoms with Crippen LogP contribution >= 0.6 is 34.2 Å². The van der Waals surface area contributed by atoms with E-state index in [2.05, 4.69) is 32.6 Å². The molecule has 7 heteroatoms. The maximum Gasteiger partial charge on any atom is 0.227 e. The van der Waals surface area contributed by atoms with Crippen LogP contribution in [0, 0.1) is 9.49 Å². The van der Waals surface area contributed by atoms with E-state index in [1.165, 1.54) is 0 Å². The lowest BCUT2D eigenvalue weighted by Crippen LogP contribution is -2.25. The third-order valence-corrected chi connectivity index (χ3v) is 3.95. The number of benzene rings is 1. The first-order valence-corrected chi connectivity index (χ1v) is 6.83. The SMILES string of the molecule is [N-]=[N+]=NCC1CC(=O)N(c2cc(Cl)ccc2I)C1. The molecule has 0 bridgehead atoms. The van der Waals surface area contributed by atoms with Crippen molar-refractivity contribution in [2.75, 3.05) is 18.0 Å². The van der Waals surface area contributed by atoms with Crippen molar-refractivity contribution in [3.63, 3.8) is 0 Å². The molecule has 2 rings (SSSR count). The van der Waals surface area contributed by atoms with Crippen LogP contribution in [-0.2, 0) is 4.79 Å². The summed E-state index contributed by atoms with van der Waals surface area (Å²) in [5.74, 6) is 0.136. The number of carbonyl (C=O) groups excluding carboxylic acids is 1. The number of hydrogen-bond donors (Lipinski definition) is 0. The molecule has 1 aliphatic rings. The Labute approximate surface area is 123 Å². The molecule has 0 saturated carbocycles. The highest BCUT2D eigenvalue weighted by atomic mass is 127. The highest BCUT2D eigenvalue weighted by Crippen LogP contribution is 2.31. The predicted octanol–water partition coefficient (Wildman–Crippen LogP) is 3.61. The summed E-state index contributed by atoms with van der Waals surface area (Å²) in [6.45, 7) is 0.935. The van der Waals surface area contributed by atoms with Gasteiger partial charge in [0, 0.05) is 33.0 Å². The number of carbonyl (C=O) groups is 1. The number of halogens is 2. The van der Waals surface area contributed by atoms with Gasteiger partial charge in [0.2, 0.25) is 5.91 Å². The van der Waals surface area contributed by atoms with Gasteiger partial charge in [-0.2, -0.15) is 0 Å². The van der Waals surface area contributed by atoms with Gasteiger partial charge in [-0.25, -0.2) is 0 Å². The van der Waals surface area contributed by atoms with Crippen molar-refractivity contribution < 1.29 is 4.79 Å². The molecule has 94 valence electrons. The molecule has 18 heavy (non-hydrogen) atoms. The normalized spacial score (nSPS) is 18.9. The topological polar surface area (TPSA) is 69.1 Å². The second-order valence-electron chi connectivity index (χ2n) is 4.08. The number of azide groups is 1. The Kier molecular flexibility index (Phi) is 4.31. The number of anilines is 1. The van der Waals surface area contributed by atoms with Gasteiger partial charge in [-0.15, -0.1) is 0 Å². The molecule has 0 radical (unpaired) electrons. The molecule has 1 aliphatic heterocycles. The number of hydrogen-bond acceptors (Lipinski definition) is 2. The van der Waals surface area contributed by atoms with E-state index in [9.17, 15) is 4.79 Å². The molecular formula is C11H10ClIN4O. The number of nitrogens with zero attached hydrogens (tertiary/aromatic N) is 4. The standard InChI is InChI=1S/C11H10ClIN4O/c12-8-1-2-9(13)10(4-8)17-6-7(3-11(17)18)5-15-16-14/h1-2,4,7H,3,5-6H2. The summed E-state index contributed by atoms with van der Waals surface area (Å²) in [5, 5.41) is 4.14. The summed E-state index contributed by atoms with van der Waals surface area (Å²) >= 11 is 8.13. The molecule has 1 heterocycles. The van der Waals surface area contributed by atoms with Crippen LogP contribution in [0.15, 0.2) is 23.3 Å². The zero-order valence-corrected chi connectivity index (χ0v) is 12.3. The highest BCUT2D eigenvalue weighted by Gasteiger charge is 2.31. The van der Waals surface area contributed by atoms with Crippen molar-refractivity contribution in [2.24, 2.45) is 11.0 Å². The average molecular weight is 377 g/mol. The fraction of sp³-hybridized carbons (Fsp3) is 0.364. The zero-order chi connectivity index (χ0) is 13.1. The van der Waals surface area contributed by atoms with E-state index >= 15 is 0 Å². The Morgan fingerprint density at radius 2 is 2.39 bits per heavy atom. The van der Waals surface area contributed by atoms with Crippen molar-refractivity contribution in [1.29, 1.82) is 0 Å². The molecule has 1 amide bonds. The lowest BCUT2D eigenvalue weighted by atomic mass is 10.1. The maximum absolute atomic E-state index is 12.0. The van der Waals surface area contributed by atoms with Gasteiger partial charge in [-0.3, -0.25) is 4.79 Å². The van der Waals surface area contributed by atoms with E-state index in [0.717, 1.165) is 9.26 Å². The molecule has 0 aromatic heterocycles. The van der Waals surface area contributed by atoms with Crippen molar-refractivity contribution in [3.05, 3.63) is 37.2 Å². The first kappa shape index (κ1) is 13.5. The lowest BCUT2D eigenvalue weighted by molar-refractivity contribution is -0.117. The second kappa shape index (κ2) is 5.77. The van der Waals surface area contributed by atoms with Crippen LogP contribution in [0.2, 0.25) is 5.02 Å². The highest BCUT2D eigenvalue weighted by molar-refractivity contribution is 14.1. The van der Waals surface area contributed by atoms with E-state index in [0.29, 0.717) is 24.5 Å². The fourth-order valence-corrected chi connectivity index (χ4v) is 2.77. The van der Waals surface area contributed by atoms with Crippen molar-refractivity contribution >= 4 is 45.8 Å². The first-order chi connectivity index (χ1) is 8.61. The Hall–Kier alpha value is -0.980. The Morgan fingerprint density at radius 1 is 1.61 bits per heavy atom. The van der Waals surface area contributed by atoms with Crippen LogP contribution in [-0.4, -0.2) is 19.0 Å². The molecule has 0 spiro atoms. The molecule has 1 saturated heterocycles. The van der Waals surface area contributed by atoms with Gasteiger partial charge in [-0.1, -0.05) is 16.7 Å². The van der Waals surface area contributed by atoms with Crippen LogP contribution in [0.4, 0.5) is 5.69 Å². The minimum atomic E-state index is 0.0494. The van der Waals surface area contributed by atoms with Gasteiger partial charge in [-0.05, 0) is 52.2 Å². The average Bonchev–Trinajstić information content (AvgIpc) is 2.71. The van der Waals surface area contributed by atoms with Crippen LogP contribution < -0.4 is 4.90 Å². The molecule has 1 fully saturated rings. The summed E-state index contributed by atoms with van der Waals surface area (Å²) in [5.41, 5.74) is 9.13.